The Hall–Kier alpha value is -3.24. The smallest absolute Gasteiger partial charge is 0.331 e. The molecule has 10 heteroatoms. The molecule has 1 heterocycles. The second-order valence-electron chi connectivity index (χ2n) is 8.59. The molecule has 36 heavy (non-hydrogen) atoms. The van der Waals surface area contributed by atoms with Crippen molar-refractivity contribution < 1.29 is 24.2 Å². The molecule has 1 aliphatic rings. The Balaban J connectivity index is 1.94. The highest BCUT2D eigenvalue weighted by atomic mass is 79.9. The van der Waals surface area contributed by atoms with Crippen LogP contribution in [0.1, 0.15) is 50.4 Å². The second kappa shape index (κ2) is 12.6. The Bertz CT molecular complexity index is 1120. The molecule has 3 rings (SSSR count). The molecule has 3 atom stereocenters. The molecule has 0 unspecified atom stereocenters. The SMILES string of the molecule is CCC(CC)O[C@@H]1C=C(C(=O)O)C[C@H](Nc2ncc(Br)cc2NC(=O)c2ccccc2)[C@H]1NC(C)=O. The van der Waals surface area contributed by atoms with Crippen LogP contribution in [-0.2, 0) is 14.3 Å². The number of carboxylic acid groups (broad SMARTS) is 1. The number of hydrogen-bond acceptors (Lipinski definition) is 6. The highest BCUT2D eigenvalue weighted by Crippen LogP contribution is 2.30. The number of hydrogen-bond donors (Lipinski definition) is 4. The van der Waals surface area contributed by atoms with Crippen LogP contribution in [0.5, 0.6) is 0 Å². The highest BCUT2D eigenvalue weighted by molar-refractivity contribution is 9.10. The van der Waals surface area contributed by atoms with E-state index in [1.165, 1.54) is 6.92 Å². The standard InChI is InChI=1S/C26H31BrN4O5/c1-4-19(5-2)36-22-12-17(26(34)35)11-20(23(22)29-15(3)32)30-24-21(13-18(27)14-28-24)31-25(33)16-9-7-6-8-10-16/h6-10,12-14,19-20,22-23H,4-5,11H2,1-3H3,(H,28,30)(H,29,32)(H,31,33)(H,34,35)/t20-,22+,23+/m0/s1. The van der Waals surface area contributed by atoms with Gasteiger partial charge in [-0.25, -0.2) is 9.78 Å². The average molecular weight is 559 g/mol. The second-order valence-corrected chi connectivity index (χ2v) is 9.50. The summed E-state index contributed by atoms with van der Waals surface area (Å²) in [7, 11) is 0. The van der Waals surface area contributed by atoms with E-state index in [-0.39, 0.29) is 29.9 Å². The maximum Gasteiger partial charge on any atom is 0.331 e. The van der Waals surface area contributed by atoms with Crippen molar-refractivity contribution in [3.05, 3.63) is 64.3 Å². The van der Waals surface area contributed by atoms with Crippen molar-refractivity contribution in [3.8, 4) is 0 Å². The van der Waals surface area contributed by atoms with E-state index >= 15 is 0 Å². The van der Waals surface area contributed by atoms with Crippen molar-refractivity contribution >= 4 is 45.2 Å². The van der Waals surface area contributed by atoms with Gasteiger partial charge >= 0.3 is 5.97 Å². The number of aliphatic carboxylic acids is 1. The van der Waals surface area contributed by atoms with E-state index < -0.39 is 24.2 Å². The average Bonchev–Trinajstić information content (AvgIpc) is 2.85. The molecule has 1 aromatic carbocycles. The minimum absolute atomic E-state index is 0.0946. The summed E-state index contributed by atoms with van der Waals surface area (Å²) >= 11 is 3.39. The molecule has 0 saturated carbocycles. The summed E-state index contributed by atoms with van der Waals surface area (Å²) in [6.45, 7) is 5.40. The number of carbonyl (C=O) groups excluding carboxylic acids is 2. The van der Waals surface area contributed by atoms with Gasteiger partial charge in [0.05, 0.1) is 30.0 Å². The number of aromatic nitrogens is 1. The van der Waals surface area contributed by atoms with Crippen LogP contribution in [0.2, 0.25) is 0 Å². The molecule has 192 valence electrons. The molecule has 0 saturated heterocycles. The maximum atomic E-state index is 12.8. The van der Waals surface area contributed by atoms with Crippen LogP contribution in [0.15, 0.2) is 58.7 Å². The van der Waals surface area contributed by atoms with Crippen molar-refractivity contribution in [1.29, 1.82) is 0 Å². The first-order valence-electron chi connectivity index (χ1n) is 11.9. The minimum atomic E-state index is -1.05. The molecule has 2 amide bonds. The zero-order valence-corrected chi connectivity index (χ0v) is 22.0. The van der Waals surface area contributed by atoms with E-state index in [1.54, 1.807) is 42.6 Å². The Morgan fingerprint density at radius 1 is 1.19 bits per heavy atom. The Morgan fingerprint density at radius 2 is 1.89 bits per heavy atom. The number of rotatable bonds is 10. The predicted octanol–water partition coefficient (Wildman–Crippen LogP) is 4.37. The number of nitrogens with one attached hydrogen (secondary N) is 3. The Labute approximate surface area is 218 Å². The van der Waals surface area contributed by atoms with Crippen molar-refractivity contribution in [2.45, 2.75) is 64.3 Å². The van der Waals surface area contributed by atoms with Crippen LogP contribution in [0.4, 0.5) is 11.5 Å². The number of ether oxygens (including phenoxy) is 1. The first-order valence-corrected chi connectivity index (χ1v) is 12.7. The van der Waals surface area contributed by atoms with E-state index in [0.29, 0.717) is 21.5 Å². The molecule has 0 aliphatic heterocycles. The van der Waals surface area contributed by atoms with Crippen molar-refractivity contribution in [3.63, 3.8) is 0 Å². The number of amides is 2. The largest absolute Gasteiger partial charge is 0.478 e. The number of carboxylic acids is 1. The van der Waals surface area contributed by atoms with Crippen LogP contribution < -0.4 is 16.0 Å². The van der Waals surface area contributed by atoms with Gasteiger partial charge in [-0.3, -0.25) is 9.59 Å². The van der Waals surface area contributed by atoms with E-state index in [2.05, 4.69) is 36.9 Å². The first kappa shape index (κ1) is 27.3. The quantitative estimate of drug-likeness (QED) is 0.340. The number of carbonyl (C=O) groups is 3. The molecule has 1 aliphatic carbocycles. The van der Waals surface area contributed by atoms with E-state index in [1.807, 2.05) is 19.9 Å². The fourth-order valence-electron chi connectivity index (χ4n) is 4.12. The zero-order chi connectivity index (χ0) is 26.2. The van der Waals surface area contributed by atoms with Crippen molar-refractivity contribution in [2.75, 3.05) is 10.6 Å². The van der Waals surface area contributed by atoms with Gasteiger partial charge in [-0.15, -0.1) is 0 Å². The summed E-state index contributed by atoms with van der Waals surface area (Å²) in [5, 5.41) is 18.8. The third kappa shape index (κ3) is 7.14. The van der Waals surface area contributed by atoms with Crippen molar-refractivity contribution in [1.82, 2.24) is 10.3 Å². The van der Waals surface area contributed by atoms with Crippen LogP contribution in [-0.4, -0.2) is 52.2 Å². The Kier molecular flexibility index (Phi) is 9.60. The maximum absolute atomic E-state index is 12.8. The summed E-state index contributed by atoms with van der Waals surface area (Å²) in [6, 6.07) is 9.35. The number of anilines is 2. The monoisotopic (exact) mass is 558 g/mol. The molecule has 0 fully saturated rings. The summed E-state index contributed by atoms with van der Waals surface area (Å²) < 4.78 is 6.88. The molecular weight excluding hydrogens is 528 g/mol. The molecular formula is C26H31BrN4O5. The molecule has 0 radical (unpaired) electrons. The van der Waals surface area contributed by atoms with Gasteiger partial charge in [0.25, 0.3) is 5.91 Å². The van der Waals surface area contributed by atoms with Crippen molar-refractivity contribution in [2.24, 2.45) is 0 Å². The van der Waals surface area contributed by atoms with Gasteiger partial charge in [-0.1, -0.05) is 32.0 Å². The van der Waals surface area contributed by atoms with E-state index in [0.717, 1.165) is 12.8 Å². The molecule has 0 spiro atoms. The molecule has 1 aromatic heterocycles. The molecule has 2 aromatic rings. The lowest BCUT2D eigenvalue weighted by atomic mass is 9.87. The zero-order valence-electron chi connectivity index (χ0n) is 20.5. The summed E-state index contributed by atoms with van der Waals surface area (Å²) in [5.74, 6) is -1.29. The summed E-state index contributed by atoms with van der Waals surface area (Å²) in [6.07, 6.45) is 4.01. The van der Waals surface area contributed by atoms with Gasteiger partial charge in [0.2, 0.25) is 5.91 Å². The lowest BCUT2D eigenvalue weighted by Gasteiger charge is -2.38. The predicted molar refractivity (Wildman–Crippen MR) is 141 cm³/mol. The van der Waals surface area contributed by atoms with Crippen LogP contribution in [0, 0.1) is 0 Å². The van der Waals surface area contributed by atoms with Gasteiger partial charge in [-0.2, -0.15) is 0 Å². The molecule has 0 bridgehead atoms. The van der Waals surface area contributed by atoms with Gasteiger partial charge in [-0.05, 0) is 53.0 Å². The van der Waals surface area contributed by atoms with Crippen LogP contribution in [0.25, 0.3) is 0 Å². The molecule has 9 nitrogen and oxygen atoms in total. The van der Waals surface area contributed by atoms with Crippen LogP contribution >= 0.6 is 15.9 Å². The van der Waals surface area contributed by atoms with Gasteiger partial charge in [0.15, 0.2) is 0 Å². The van der Waals surface area contributed by atoms with E-state index in [9.17, 15) is 19.5 Å². The number of pyridine rings is 1. The third-order valence-electron chi connectivity index (χ3n) is 5.96. The summed E-state index contributed by atoms with van der Waals surface area (Å²) in [5.41, 5.74) is 1.06. The first-order chi connectivity index (χ1) is 17.2. The fourth-order valence-corrected chi connectivity index (χ4v) is 4.45. The van der Waals surface area contributed by atoms with Gasteiger partial charge in [0, 0.05) is 35.2 Å². The lowest BCUT2D eigenvalue weighted by Crippen LogP contribution is -2.56. The van der Waals surface area contributed by atoms with E-state index in [4.69, 9.17) is 4.74 Å². The number of nitrogens with zero attached hydrogens (tertiary/aromatic N) is 1. The Morgan fingerprint density at radius 3 is 2.50 bits per heavy atom. The number of benzene rings is 1. The molecule has 4 N–H and O–H groups in total. The number of halogens is 1. The third-order valence-corrected chi connectivity index (χ3v) is 6.39. The topological polar surface area (TPSA) is 130 Å². The highest BCUT2D eigenvalue weighted by Gasteiger charge is 2.38. The minimum Gasteiger partial charge on any atom is -0.478 e. The fraction of sp³-hybridized carbons (Fsp3) is 0.385. The summed E-state index contributed by atoms with van der Waals surface area (Å²) in [4.78, 5) is 41.3. The lowest BCUT2D eigenvalue weighted by molar-refractivity contribution is -0.133. The van der Waals surface area contributed by atoms with Gasteiger partial charge < -0.3 is 25.8 Å². The van der Waals surface area contributed by atoms with Gasteiger partial charge in [0.1, 0.15) is 5.82 Å². The normalized spacial score (nSPS) is 19.4. The van der Waals surface area contributed by atoms with Crippen LogP contribution in [0.3, 0.4) is 0 Å².